The standard InChI is InChI=1S/C25H27ClN4O2/c1-16(2)32-23-13-12-20(15-21(23)26)25(31)29-22(24(27)30-28)14-17-8-10-19(11-9-17)18-6-4-3-5-7-18/h3-13,15-16,22H,14,28H2,1-2H3,(H2,27,30)(H,29,31). The van der Waals surface area contributed by atoms with Crippen LogP contribution in [0.1, 0.15) is 29.8 Å². The van der Waals surface area contributed by atoms with Crippen LogP contribution in [0.4, 0.5) is 0 Å². The summed E-state index contributed by atoms with van der Waals surface area (Å²) in [7, 11) is 0. The van der Waals surface area contributed by atoms with E-state index in [1.54, 1.807) is 18.2 Å². The maximum Gasteiger partial charge on any atom is 0.251 e. The SMILES string of the molecule is CC(C)Oc1ccc(C(=O)NC(Cc2ccc(-c3ccccc3)cc2)/C(N)=N/N)cc1Cl. The van der Waals surface area contributed by atoms with Gasteiger partial charge in [0, 0.05) is 5.56 Å². The lowest BCUT2D eigenvalue weighted by Gasteiger charge is -2.19. The van der Waals surface area contributed by atoms with E-state index in [4.69, 9.17) is 27.9 Å². The minimum absolute atomic E-state index is 0.0228. The number of rotatable bonds is 8. The van der Waals surface area contributed by atoms with Crippen LogP contribution in [-0.4, -0.2) is 23.9 Å². The number of hydrogen-bond donors (Lipinski definition) is 3. The molecule has 0 aliphatic carbocycles. The molecule has 0 aliphatic rings. The first-order valence-corrected chi connectivity index (χ1v) is 10.7. The molecule has 0 fully saturated rings. The van der Waals surface area contributed by atoms with E-state index < -0.39 is 6.04 Å². The fraction of sp³-hybridized carbons (Fsp3) is 0.200. The van der Waals surface area contributed by atoms with Crippen molar-refractivity contribution in [3.63, 3.8) is 0 Å². The highest BCUT2D eigenvalue weighted by molar-refractivity contribution is 6.32. The van der Waals surface area contributed by atoms with Gasteiger partial charge in [0.15, 0.2) is 0 Å². The summed E-state index contributed by atoms with van der Waals surface area (Å²) in [6.45, 7) is 3.81. The van der Waals surface area contributed by atoms with Gasteiger partial charge in [-0.1, -0.05) is 66.2 Å². The molecule has 6 nitrogen and oxygen atoms in total. The summed E-state index contributed by atoms with van der Waals surface area (Å²) >= 11 is 6.27. The van der Waals surface area contributed by atoms with Crippen LogP contribution in [0.5, 0.6) is 5.75 Å². The van der Waals surface area contributed by atoms with Crippen LogP contribution in [0.15, 0.2) is 77.9 Å². The van der Waals surface area contributed by atoms with E-state index in [1.807, 2.05) is 56.3 Å². The molecule has 3 aromatic rings. The number of carbonyl (C=O) groups excluding carboxylic acids is 1. The van der Waals surface area contributed by atoms with Crippen LogP contribution >= 0.6 is 11.6 Å². The van der Waals surface area contributed by atoms with Gasteiger partial charge in [-0.25, -0.2) is 0 Å². The van der Waals surface area contributed by atoms with Gasteiger partial charge in [-0.15, -0.1) is 0 Å². The first kappa shape index (κ1) is 23.2. The summed E-state index contributed by atoms with van der Waals surface area (Å²) in [6, 6.07) is 22.5. The van der Waals surface area contributed by atoms with Gasteiger partial charge in [0.2, 0.25) is 0 Å². The van der Waals surface area contributed by atoms with E-state index in [1.165, 1.54) is 0 Å². The van der Waals surface area contributed by atoms with Crippen LogP contribution in [0, 0.1) is 0 Å². The second-order valence-electron chi connectivity index (χ2n) is 7.66. The van der Waals surface area contributed by atoms with Crippen molar-refractivity contribution in [3.8, 4) is 16.9 Å². The number of amidine groups is 1. The Kier molecular flexibility index (Phi) is 7.73. The van der Waals surface area contributed by atoms with Gasteiger partial charge in [-0.3, -0.25) is 4.79 Å². The number of benzene rings is 3. The minimum atomic E-state index is -0.569. The Hall–Kier alpha value is -3.51. The third kappa shape index (κ3) is 6.02. The first-order valence-electron chi connectivity index (χ1n) is 10.3. The summed E-state index contributed by atoms with van der Waals surface area (Å²) in [5, 5.41) is 6.85. The van der Waals surface area contributed by atoms with E-state index in [2.05, 4.69) is 22.6 Å². The van der Waals surface area contributed by atoms with Gasteiger partial charge >= 0.3 is 0 Å². The van der Waals surface area contributed by atoms with E-state index in [9.17, 15) is 4.79 Å². The number of nitrogens with one attached hydrogen (secondary N) is 1. The van der Waals surface area contributed by atoms with E-state index in [0.717, 1.165) is 16.7 Å². The smallest absolute Gasteiger partial charge is 0.251 e. The zero-order valence-electron chi connectivity index (χ0n) is 18.1. The molecular weight excluding hydrogens is 424 g/mol. The number of ether oxygens (including phenoxy) is 1. The minimum Gasteiger partial charge on any atom is -0.489 e. The summed E-state index contributed by atoms with van der Waals surface area (Å²) in [4.78, 5) is 12.8. The summed E-state index contributed by atoms with van der Waals surface area (Å²) in [6.07, 6.45) is 0.417. The molecule has 1 amide bonds. The maximum atomic E-state index is 12.8. The number of amides is 1. The molecule has 1 atom stereocenters. The molecule has 7 heteroatoms. The Labute approximate surface area is 193 Å². The van der Waals surface area contributed by atoms with Crippen molar-refractivity contribution in [3.05, 3.63) is 88.9 Å². The fourth-order valence-electron chi connectivity index (χ4n) is 3.25. The summed E-state index contributed by atoms with van der Waals surface area (Å²) < 4.78 is 5.62. The van der Waals surface area contributed by atoms with E-state index in [-0.39, 0.29) is 17.8 Å². The molecule has 0 heterocycles. The van der Waals surface area contributed by atoms with Crippen molar-refractivity contribution in [1.82, 2.24) is 5.32 Å². The van der Waals surface area contributed by atoms with Crippen molar-refractivity contribution >= 4 is 23.3 Å². The molecule has 0 spiro atoms. The van der Waals surface area contributed by atoms with Crippen molar-refractivity contribution in [2.45, 2.75) is 32.4 Å². The van der Waals surface area contributed by atoms with Crippen LogP contribution in [0.3, 0.4) is 0 Å². The molecule has 0 bridgehead atoms. The van der Waals surface area contributed by atoms with Crippen molar-refractivity contribution < 1.29 is 9.53 Å². The van der Waals surface area contributed by atoms with Gasteiger partial charge in [0.05, 0.1) is 17.2 Å². The Morgan fingerprint density at radius 2 is 1.69 bits per heavy atom. The molecule has 0 radical (unpaired) electrons. The molecule has 1 unspecified atom stereocenters. The molecule has 3 aromatic carbocycles. The zero-order valence-corrected chi connectivity index (χ0v) is 18.8. The van der Waals surface area contributed by atoms with Crippen LogP contribution in [0.25, 0.3) is 11.1 Å². The van der Waals surface area contributed by atoms with Crippen LogP contribution < -0.4 is 21.6 Å². The van der Waals surface area contributed by atoms with E-state index >= 15 is 0 Å². The van der Waals surface area contributed by atoms with E-state index in [0.29, 0.717) is 22.8 Å². The lowest BCUT2D eigenvalue weighted by atomic mass is 10.00. The Morgan fingerprint density at radius 1 is 1.03 bits per heavy atom. The highest BCUT2D eigenvalue weighted by Gasteiger charge is 2.19. The third-order valence-corrected chi connectivity index (χ3v) is 5.16. The lowest BCUT2D eigenvalue weighted by Crippen LogP contribution is -2.46. The van der Waals surface area contributed by atoms with Gasteiger partial charge in [0.1, 0.15) is 11.6 Å². The third-order valence-electron chi connectivity index (χ3n) is 4.87. The number of hydrazone groups is 1. The van der Waals surface area contributed by atoms with Gasteiger partial charge < -0.3 is 21.6 Å². The highest BCUT2D eigenvalue weighted by Crippen LogP contribution is 2.26. The second-order valence-corrected chi connectivity index (χ2v) is 8.07. The largest absolute Gasteiger partial charge is 0.489 e. The number of carbonyl (C=O) groups is 1. The topological polar surface area (TPSA) is 103 Å². The van der Waals surface area contributed by atoms with Crippen LogP contribution in [0.2, 0.25) is 5.02 Å². The fourth-order valence-corrected chi connectivity index (χ4v) is 3.48. The number of nitrogens with zero attached hydrogens (tertiary/aromatic N) is 1. The van der Waals surface area contributed by atoms with Gasteiger partial charge in [-0.2, -0.15) is 5.10 Å². The van der Waals surface area contributed by atoms with Gasteiger partial charge in [0.25, 0.3) is 5.91 Å². The van der Waals surface area contributed by atoms with Crippen molar-refractivity contribution in [2.75, 3.05) is 0 Å². The second kappa shape index (κ2) is 10.7. The molecule has 5 N–H and O–H groups in total. The summed E-state index contributed by atoms with van der Waals surface area (Å²) in [5.74, 6) is 5.73. The molecule has 3 rings (SSSR count). The summed E-state index contributed by atoms with van der Waals surface area (Å²) in [5.41, 5.74) is 9.60. The first-order chi connectivity index (χ1) is 15.4. The van der Waals surface area contributed by atoms with Gasteiger partial charge in [-0.05, 0) is 55.2 Å². The lowest BCUT2D eigenvalue weighted by molar-refractivity contribution is 0.0946. The predicted molar refractivity (Wildman–Crippen MR) is 130 cm³/mol. The molecule has 0 aliphatic heterocycles. The number of hydrogen-bond acceptors (Lipinski definition) is 4. The molecule has 166 valence electrons. The molecule has 32 heavy (non-hydrogen) atoms. The van der Waals surface area contributed by atoms with Crippen molar-refractivity contribution in [2.24, 2.45) is 16.7 Å². The molecule has 0 saturated heterocycles. The Balaban J connectivity index is 1.73. The average molecular weight is 451 g/mol. The number of halogens is 1. The highest BCUT2D eigenvalue weighted by atomic mass is 35.5. The average Bonchev–Trinajstić information content (AvgIpc) is 2.80. The van der Waals surface area contributed by atoms with Crippen molar-refractivity contribution in [1.29, 1.82) is 0 Å². The Morgan fingerprint density at radius 3 is 2.28 bits per heavy atom. The maximum absolute atomic E-state index is 12.8. The number of nitrogens with two attached hydrogens (primary N) is 2. The molecular formula is C25H27ClN4O2. The zero-order chi connectivity index (χ0) is 23.1. The monoisotopic (exact) mass is 450 g/mol. The normalized spacial score (nSPS) is 12.4. The quantitative estimate of drug-likeness (QED) is 0.205. The predicted octanol–water partition coefficient (Wildman–Crippen LogP) is 4.37. The Bertz CT molecular complexity index is 1080. The molecule has 0 aromatic heterocycles. The van der Waals surface area contributed by atoms with Crippen LogP contribution in [-0.2, 0) is 6.42 Å². The molecule has 0 saturated carbocycles.